The first kappa shape index (κ1) is 16.8. The van der Waals surface area contributed by atoms with Gasteiger partial charge in [-0.05, 0) is 53.0 Å². The Kier molecular flexibility index (Phi) is 5.12. The van der Waals surface area contributed by atoms with Crippen molar-refractivity contribution in [1.29, 1.82) is 0 Å². The molecule has 0 radical (unpaired) electrons. The number of hydrogen-bond donors (Lipinski definition) is 2. The van der Waals surface area contributed by atoms with Crippen LogP contribution in [0.15, 0.2) is 24.3 Å². The number of nitrogens with one attached hydrogen (secondary N) is 2. The van der Waals surface area contributed by atoms with Gasteiger partial charge in [-0.25, -0.2) is 4.79 Å². The number of hydrogen-bond acceptors (Lipinski definition) is 3. The molecule has 0 aromatic heterocycles. The van der Waals surface area contributed by atoms with E-state index in [2.05, 4.69) is 48.7 Å². The fourth-order valence-corrected chi connectivity index (χ4v) is 2.65. The van der Waals surface area contributed by atoms with Crippen molar-refractivity contribution in [2.45, 2.75) is 71.2 Å². The van der Waals surface area contributed by atoms with Gasteiger partial charge in [0.05, 0.1) is 0 Å². The van der Waals surface area contributed by atoms with Gasteiger partial charge >= 0.3 is 6.09 Å². The summed E-state index contributed by atoms with van der Waals surface area (Å²) in [5, 5.41) is 6.53. The molecule has 4 heteroatoms. The van der Waals surface area contributed by atoms with Crippen LogP contribution in [0.5, 0.6) is 0 Å². The number of aryl methyl sites for hydroxylation is 1. The Morgan fingerprint density at radius 2 is 1.77 bits per heavy atom. The highest BCUT2D eigenvalue weighted by Gasteiger charge is 2.32. The molecule has 1 aliphatic rings. The lowest BCUT2D eigenvalue weighted by Gasteiger charge is -2.38. The minimum atomic E-state index is -0.439. The third kappa shape index (κ3) is 5.02. The van der Waals surface area contributed by atoms with E-state index in [9.17, 15) is 4.79 Å². The second-order valence-corrected chi connectivity index (χ2v) is 7.31. The van der Waals surface area contributed by atoms with Gasteiger partial charge in [0.15, 0.2) is 0 Å². The Morgan fingerprint density at radius 1 is 1.18 bits per heavy atom. The molecule has 122 valence electrons. The number of ether oxygens (including phenoxy) is 1. The fourth-order valence-electron chi connectivity index (χ4n) is 2.65. The van der Waals surface area contributed by atoms with Crippen LogP contribution < -0.4 is 10.6 Å². The summed E-state index contributed by atoms with van der Waals surface area (Å²) in [4.78, 5) is 11.7. The van der Waals surface area contributed by atoms with E-state index in [4.69, 9.17) is 4.74 Å². The lowest BCUT2D eigenvalue weighted by molar-refractivity contribution is 0.0463. The van der Waals surface area contributed by atoms with Gasteiger partial charge in [-0.2, -0.15) is 0 Å². The number of carbonyl (C=O) groups excluding carboxylic acids is 1. The maximum atomic E-state index is 11.7. The minimum Gasteiger partial charge on any atom is -0.444 e. The molecular formula is C18H28N2O2. The van der Waals surface area contributed by atoms with Crippen LogP contribution in [0.25, 0.3) is 0 Å². The van der Waals surface area contributed by atoms with E-state index >= 15 is 0 Å². The molecule has 1 aliphatic carbocycles. The first-order chi connectivity index (χ1) is 10.2. The zero-order valence-electron chi connectivity index (χ0n) is 14.3. The van der Waals surface area contributed by atoms with Crippen LogP contribution in [-0.2, 0) is 4.74 Å². The number of carbonyl (C=O) groups is 1. The van der Waals surface area contributed by atoms with Crippen molar-refractivity contribution in [2.75, 3.05) is 0 Å². The zero-order valence-corrected chi connectivity index (χ0v) is 14.3. The van der Waals surface area contributed by atoms with E-state index in [1.165, 1.54) is 11.1 Å². The standard InChI is InChI=1S/C18H28N2O2/c1-12-6-8-14(9-7-12)13(2)19-15-10-16(11-15)20-17(21)22-18(3,4)5/h6-9,13,15-16,19H,10-11H2,1-5H3,(H,20,21)/t13-,15?,16?/m0/s1. The van der Waals surface area contributed by atoms with E-state index in [0.29, 0.717) is 12.1 Å². The van der Waals surface area contributed by atoms with Crippen LogP contribution in [0.4, 0.5) is 4.79 Å². The van der Waals surface area contributed by atoms with E-state index in [1.807, 2.05) is 20.8 Å². The first-order valence-corrected chi connectivity index (χ1v) is 8.05. The summed E-state index contributed by atoms with van der Waals surface area (Å²) in [5.74, 6) is 0. The zero-order chi connectivity index (χ0) is 16.3. The highest BCUT2D eigenvalue weighted by molar-refractivity contribution is 5.68. The maximum Gasteiger partial charge on any atom is 0.407 e. The summed E-state index contributed by atoms with van der Waals surface area (Å²) < 4.78 is 5.27. The van der Waals surface area contributed by atoms with Crippen molar-refractivity contribution in [1.82, 2.24) is 10.6 Å². The van der Waals surface area contributed by atoms with Crippen LogP contribution in [0, 0.1) is 6.92 Å². The normalized spacial score (nSPS) is 22.6. The minimum absolute atomic E-state index is 0.220. The van der Waals surface area contributed by atoms with Crippen molar-refractivity contribution in [3.63, 3.8) is 0 Å². The summed E-state index contributed by atoms with van der Waals surface area (Å²) >= 11 is 0. The van der Waals surface area contributed by atoms with Crippen molar-refractivity contribution in [2.24, 2.45) is 0 Å². The Morgan fingerprint density at radius 3 is 2.32 bits per heavy atom. The Balaban J connectivity index is 1.71. The molecule has 1 saturated carbocycles. The first-order valence-electron chi connectivity index (χ1n) is 8.05. The monoisotopic (exact) mass is 304 g/mol. The highest BCUT2D eigenvalue weighted by Crippen LogP contribution is 2.24. The van der Waals surface area contributed by atoms with Crippen molar-refractivity contribution in [3.05, 3.63) is 35.4 Å². The molecule has 1 aromatic carbocycles. The molecule has 0 bridgehead atoms. The molecule has 0 heterocycles. The molecular weight excluding hydrogens is 276 g/mol. The second kappa shape index (κ2) is 6.69. The quantitative estimate of drug-likeness (QED) is 0.891. The van der Waals surface area contributed by atoms with Crippen molar-refractivity contribution < 1.29 is 9.53 Å². The average Bonchev–Trinajstić information content (AvgIpc) is 2.34. The lowest BCUT2D eigenvalue weighted by atomic mass is 9.86. The van der Waals surface area contributed by atoms with Crippen molar-refractivity contribution >= 4 is 6.09 Å². The number of benzene rings is 1. The average molecular weight is 304 g/mol. The van der Waals surface area contributed by atoms with Crippen LogP contribution in [0.1, 0.15) is 57.7 Å². The van der Waals surface area contributed by atoms with Crippen LogP contribution in [0.3, 0.4) is 0 Å². The summed E-state index contributed by atoms with van der Waals surface area (Å²) in [6.45, 7) is 9.91. The fraction of sp³-hybridized carbons (Fsp3) is 0.611. The van der Waals surface area contributed by atoms with Gasteiger partial charge in [0, 0.05) is 18.1 Å². The molecule has 1 fully saturated rings. The molecule has 0 saturated heterocycles. The topological polar surface area (TPSA) is 50.4 Å². The van der Waals surface area contributed by atoms with Crippen LogP contribution in [0.2, 0.25) is 0 Å². The van der Waals surface area contributed by atoms with Gasteiger partial charge in [0.1, 0.15) is 5.60 Å². The highest BCUT2D eigenvalue weighted by atomic mass is 16.6. The summed E-state index contributed by atoms with van der Waals surface area (Å²) in [5.41, 5.74) is 2.14. The number of alkyl carbamates (subject to hydrolysis) is 1. The molecule has 4 nitrogen and oxygen atoms in total. The smallest absolute Gasteiger partial charge is 0.407 e. The Labute approximate surface area is 133 Å². The van der Waals surface area contributed by atoms with E-state index in [-0.39, 0.29) is 12.1 Å². The predicted molar refractivity (Wildman–Crippen MR) is 88.9 cm³/mol. The molecule has 1 atom stereocenters. The van der Waals surface area contributed by atoms with E-state index < -0.39 is 5.60 Å². The molecule has 1 aromatic rings. The molecule has 2 N–H and O–H groups in total. The van der Waals surface area contributed by atoms with E-state index in [1.54, 1.807) is 0 Å². The third-order valence-corrected chi connectivity index (χ3v) is 3.92. The summed E-state index contributed by atoms with van der Waals surface area (Å²) in [7, 11) is 0. The molecule has 0 spiro atoms. The van der Waals surface area contributed by atoms with E-state index in [0.717, 1.165) is 12.8 Å². The van der Waals surface area contributed by atoms with Crippen molar-refractivity contribution in [3.8, 4) is 0 Å². The second-order valence-electron chi connectivity index (χ2n) is 7.31. The molecule has 22 heavy (non-hydrogen) atoms. The SMILES string of the molecule is Cc1ccc([C@H](C)NC2CC(NC(=O)OC(C)(C)C)C2)cc1. The van der Waals surface area contributed by atoms with Crippen LogP contribution >= 0.6 is 0 Å². The van der Waals surface area contributed by atoms with Gasteiger partial charge in [-0.15, -0.1) is 0 Å². The third-order valence-electron chi connectivity index (χ3n) is 3.92. The number of amides is 1. The Hall–Kier alpha value is -1.55. The number of rotatable bonds is 4. The molecule has 0 aliphatic heterocycles. The lowest BCUT2D eigenvalue weighted by Crippen LogP contribution is -2.53. The van der Waals surface area contributed by atoms with Gasteiger partial charge in [-0.1, -0.05) is 29.8 Å². The Bertz CT molecular complexity index is 499. The maximum absolute atomic E-state index is 11.7. The van der Waals surface area contributed by atoms with Gasteiger partial charge in [-0.3, -0.25) is 0 Å². The van der Waals surface area contributed by atoms with Gasteiger partial charge in [0.2, 0.25) is 0 Å². The van der Waals surface area contributed by atoms with Crippen LogP contribution in [-0.4, -0.2) is 23.8 Å². The molecule has 2 rings (SSSR count). The van der Waals surface area contributed by atoms with Gasteiger partial charge in [0.25, 0.3) is 0 Å². The summed E-state index contributed by atoms with van der Waals surface area (Å²) in [6.07, 6.45) is 1.59. The largest absolute Gasteiger partial charge is 0.444 e. The summed E-state index contributed by atoms with van der Waals surface area (Å²) in [6, 6.07) is 9.62. The van der Waals surface area contributed by atoms with Gasteiger partial charge < -0.3 is 15.4 Å². The molecule has 1 amide bonds. The molecule has 0 unspecified atom stereocenters. The predicted octanol–water partition coefficient (Wildman–Crippen LogP) is 3.70.